The van der Waals surface area contributed by atoms with Gasteiger partial charge in [-0.2, -0.15) is 0 Å². The number of halogens is 1. The molecule has 0 radical (unpaired) electrons. The van der Waals surface area contributed by atoms with Crippen molar-refractivity contribution in [1.29, 1.82) is 0 Å². The number of rotatable bonds is 9. The molecule has 0 atom stereocenters. The molecule has 0 bridgehead atoms. The lowest BCUT2D eigenvalue weighted by Gasteiger charge is -2.22. The second-order valence-electron chi connectivity index (χ2n) is 6.03. The lowest BCUT2D eigenvalue weighted by atomic mass is 10.2. The Morgan fingerprint density at radius 3 is 2.71 bits per heavy atom. The van der Waals surface area contributed by atoms with Crippen molar-refractivity contribution in [2.45, 2.75) is 19.8 Å². The van der Waals surface area contributed by atoms with Crippen LogP contribution >= 0.6 is 24.0 Å². The van der Waals surface area contributed by atoms with E-state index in [9.17, 15) is 0 Å². The molecule has 1 fully saturated rings. The molecular weight excluding hydrogens is 417 g/mol. The van der Waals surface area contributed by atoms with Gasteiger partial charge >= 0.3 is 0 Å². The fourth-order valence-electron chi connectivity index (χ4n) is 2.27. The number of aryl methyl sites for hydroxylation is 1. The smallest absolute Gasteiger partial charge is 0.193 e. The highest BCUT2D eigenvalue weighted by Crippen LogP contribution is 2.28. The zero-order chi connectivity index (χ0) is 16.5. The molecule has 1 aliphatic rings. The Morgan fingerprint density at radius 1 is 1.29 bits per heavy atom. The number of nitrogens with zero attached hydrogens (tertiary/aromatic N) is 2. The van der Waals surface area contributed by atoms with Crippen molar-refractivity contribution < 1.29 is 9.47 Å². The van der Waals surface area contributed by atoms with Gasteiger partial charge in [0.25, 0.3) is 0 Å². The van der Waals surface area contributed by atoms with Crippen LogP contribution in [-0.2, 0) is 4.74 Å². The van der Waals surface area contributed by atoms with Crippen molar-refractivity contribution in [1.82, 2.24) is 10.2 Å². The summed E-state index contributed by atoms with van der Waals surface area (Å²) >= 11 is 0. The first-order valence-electron chi connectivity index (χ1n) is 8.38. The maximum Gasteiger partial charge on any atom is 0.193 e. The molecule has 6 heteroatoms. The van der Waals surface area contributed by atoms with E-state index in [4.69, 9.17) is 9.47 Å². The van der Waals surface area contributed by atoms with Crippen LogP contribution in [0.3, 0.4) is 0 Å². The summed E-state index contributed by atoms with van der Waals surface area (Å²) in [5.41, 5.74) is 1.16. The van der Waals surface area contributed by atoms with Gasteiger partial charge < -0.3 is 19.7 Å². The molecule has 0 aliphatic heterocycles. The number of likely N-dealkylation sites (N-methyl/N-ethyl adjacent to an activating group) is 1. The molecule has 1 saturated carbocycles. The third kappa shape index (κ3) is 7.70. The molecule has 2 rings (SSSR count). The third-order valence-corrected chi connectivity index (χ3v) is 3.93. The monoisotopic (exact) mass is 447 g/mol. The second-order valence-corrected chi connectivity index (χ2v) is 6.03. The van der Waals surface area contributed by atoms with E-state index in [0.29, 0.717) is 6.61 Å². The van der Waals surface area contributed by atoms with Gasteiger partial charge in [-0.3, -0.25) is 4.99 Å². The Labute approximate surface area is 162 Å². The summed E-state index contributed by atoms with van der Waals surface area (Å²) in [5, 5.41) is 3.32. The summed E-state index contributed by atoms with van der Waals surface area (Å²) in [7, 11) is 3.81. The summed E-state index contributed by atoms with van der Waals surface area (Å²) in [4.78, 5) is 6.37. The fraction of sp³-hybridized carbons (Fsp3) is 0.611. The van der Waals surface area contributed by atoms with Crippen molar-refractivity contribution in [3.63, 3.8) is 0 Å². The van der Waals surface area contributed by atoms with Crippen LogP contribution in [0.2, 0.25) is 0 Å². The minimum absolute atomic E-state index is 0. The van der Waals surface area contributed by atoms with Crippen LogP contribution in [0, 0.1) is 12.8 Å². The highest BCUT2D eigenvalue weighted by Gasteiger charge is 2.20. The molecule has 1 aromatic carbocycles. The maximum atomic E-state index is 5.83. The summed E-state index contributed by atoms with van der Waals surface area (Å²) in [6.07, 6.45) is 2.66. The van der Waals surface area contributed by atoms with Crippen molar-refractivity contribution in [2.75, 3.05) is 47.0 Å². The van der Waals surface area contributed by atoms with E-state index in [0.717, 1.165) is 49.5 Å². The van der Waals surface area contributed by atoms with Gasteiger partial charge in [0.05, 0.1) is 13.2 Å². The molecule has 0 unspecified atom stereocenters. The third-order valence-electron chi connectivity index (χ3n) is 3.93. The number of aliphatic imine (C=N–C) groups is 1. The number of nitrogens with one attached hydrogen (secondary N) is 1. The van der Waals surface area contributed by atoms with Crippen LogP contribution in [0.1, 0.15) is 18.4 Å². The largest absolute Gasteiger partial charge is 0.491 e. The van der Waals surface area contributed by atoms with E-state index in [-0.39, 0.29) is 24.0 Å². The van der Waals surface area contributed by atoms with Crippen LogP contribution in [0.5, 0.6) is 5.75 Å². The molecule has 0 saturated heterocycles. The van der Waals surface area contributed by atoms with E-state index < -0.39 is 0 Å². The normalized spacial score (nSPS) is 14.0. The molecule has 0 aromatic heterocycles. The minimum Gasteiger partial charge on any atom is -0.491 e. The standard InChI is InChI=1S/C18H29N3O2.HI/c1-15-6-4-5-7-17(15)23-13-11-21(3)18(19-2)20-10-12-22-14-16-8-9-16;/h4-7,16H,8-14H2,1-3H3,(H,19,20);1H. The summed E-state index contributed by atoms with van der Waals surface area (Å²) in [6, 6.07) is 8.07. The number of guanidine groups is 1. The maximum absolute atomic E-state index is 5.83. The quantitative estimate of drug-likeness (QED) is 0.274. The van der Waals surface area contributed by atoms with Crippen LogP contribution in [0.15, 0.2) is 29.3 Å². The Bertz CT molecular complexity index is 507. The molecule has 24 heavy (non-hydrogen) atoms. The minimum atomic E-state index is 0. The predicted octanol–water partition coefficient (Wildman–Crippen LogP) is 2.93. The van der Waals surface area contributed by atoms with Crippen LogP contribution in [0.4, 0.5) is 0 Å². The van der Waals surface area contributed by atoms with Gasteiger partial charge in [-0.05, 0) is 37.3 Å². The van der Waals surface area contributed by atoms with Crippen LogP contribution < -0.4 is 10.1 Å². The molecule has 0 spiro atoms. The molecule has 1 N–H and O–H groups in total. The van der Waals surface area contributed by atoms with Crippen molar-refractivity contribution >= 4 is 29.9 Å². The van der Waals surface area contributed by atoms with E-state index in [1.807, 2.05) is 25.2 Å². The second kappa shape index (κ2) is 11.5. The summed E-state index contributed by atoms with van der Waals surface area (Å²) in [5.74, 6) is 2.63. The summed E-state index contributed by atoms with van der Waals surface area (Å²) < 4.78 is 11.5. The first-order chi connectivity index (χ1) is 11.2. The fourth-order valence-corrected chi connectivity index (χ4v) is 2.27. The van der Waals surface area contributed by atoms with Gasteiger partial charge in [-0.25, -0.2) is 0 Å². The van der Waals surface area contributed by atoms with Gasteiger partial charge in [-0.1, -0.05) is 18.2 Å². The predicted molar refractivity (Wildman–Crippen MR) is 110 cm³/mol. The molecule has 1 aromatic rings. The van der Waals surface area contributed by atoms with Crippen molar-refractivity contribution in [3.8, 4) is 5.75 Å². The van der Waals surface area contributed by atoms with Crippen molar-refractivity contribution in [2.24, 2.45) is 10.9 Å². The number of ether oxygens (including phenoxy) is 2. The Morgan fingerprint density at radius 2 is 2.04 bits per heavy atom. The summed E-state index contributed by atoms with van der Waals surface area (Å²) in [6.45, 7) is 5.87. The van der Waals surface area contributed by atoms with E-state index in [1.54, 1.807) is 7.05 Å². The number of para-hydroxylation sites is 1. The van der Waals surface area contributed by atoms with Crippen molar-refractivity contribution in [3.05, 3.63) is 29.8 Å². The lowest BCUT2D eigenvalue weighted by Crippen LogP contribution is -2.42. The molecule has 1 aliphatic carbocycles. The van der Waals surface area contributed by atoms with E-state index in [1.165, 1.54) is 12.8 Å². The zero-order valence-electron chi connectivity index (χ0n) is 15.0. The molecule has 5 nitrogen and oxygen atoms in total. The lowest BCUT2D eigenvalue weighted by molar-refractivity contribution is 0.128. The van der Waals surface area contributed by atoms with Gasteiger partial charge in [0.15, 0.2) is 5.96 Å². The van der Waals surface area contributed by atoms with E-state index in [2.05, 4.69) is 28.2 Å². The zero-order valence-corrected chi connectivity index (χ0v) is 17.3. The van der Waals surface area contributed by atoms with Gasteiger partial charge in [0, 0.05) is 27.2 Å². The SMILES string of the molecule is CN=C(NCCOCC1CC1)N(C)CCOc1ccccc1C.I. The first-order valence-corrected chi connectivity index (χ1v) is 8.38. The highest BCUT2D eigenvalue weighted by molar-refractivity contribution is 14.0. The number of hydrogen-bond donors (Lipinski definition) is 1. The van der Waals surface area contributed by atoms with Gasteiger partial charge in [0.2, 0.25) is 0 Å². The average Bonchev–Trinajstić information content (AvgIpc) is 3.37. The number of hydrogen-bond acceptors (Lipinski definition) is 3. The molecular formula is C18H30IN3O2. The number of benzene rings is 1. The Kier molecular flexibility index (Phi) is 10.1. The highest BCUT2D eigenvalue weighted by atomic mass is 127. The Balaban J connectivity index is 0.00000288. The first kappa shape index (κ1) is 21.0. The molecule has 136 valence electrons. The molecule has 0 heterocycles. The topological polar surface area (TPSA) is 46.1 Å². The van der Waals surface area contributed by atoms with Crippen LogP contribution in [0.25, 0.3) is 0 Å². The van der Waals surface area contributed by atoms with Gasteiger partial charge in [-0.15, -0.1) is 24.0 Å². The van der Waals surface area contributed by atoms with Gasteiger partial charge in [0.1, 0.15) is 12.4 Å². The Hall–Kier alpha value is -1.02. The van der Waals surface area contributed by atoms with E-state index >= 15 is 0 Å². The average molecular weight is 447 g/mol. The van der Waals surface area contributed by atoms with Crippen LogP contribution in [-0.4, -0.2) is 57.9 Å². The molecule has 0 amide bonds.